The van der Waals surface area contributed by atoms with Crippen molar-refractivity contribution in [3.63, 3.8) is 0 Å². The molecule has 0 atom stereocenters. The van der Waals surface area contributed by atoms with Crippen LogP contribution in [0.25, 0.3) is 27.9 Å². The first-order chi connectivity index (χ1) is 18.2. The first kappa shape index (κ1) is 25.4. The second-order valence-electron chi connectivity index (χ2n) is 8.74. The molecule has 196 valence electrons. The van der Waals surface area contributed by atoms with Crippen molar-refractivity contribution in [2.45, 2.75) is 32.9 Å². The number of esters is 1. The molecule has 1 aliphatic rings. The zero-order valence-electron chi connectivity index (χ0n) is 20.6. The first-order valence-electron chi connectivity index (χ1n) is 12.0. The Hall–Kier alpha value is -4.28. The molecular formula is C27H23F4N5O2. The molecule has 3 aromatic heterocycles. The van der Waals surface area contributed by atoms with E-state index >= 15 is 0 Å². The highest BCUT2D eigenvalue weighted by Gasteiger charge is 2.35. The van der Waals surface area contributed by atoms with E-state index in [2.05, 4.69) is 20.4 Å². The van der Waals surface area contributed by atoms with Crippen molar-refractivity contribution in [2.24, 2.45) is 0 Å². The fourth-order valence-corrected chi connectivity index (χ4v) is 4.68. The summed E-state index contributed by atoms with van der Waals surface area (Å²) in [5, 5.41) is 6.98. The number of hydrogen-bond donors (Lipinski definition) is 1. The summed E-state index contributed by atoms with van der Waals surface area (Å²) < 4.78 is 61.3. The lowest BCUT2D eigenvalue weighted by Gasteiger charge is -2.16. The summed E-state index contributed by atoms with van der Waals surface area (Å²) in [7, 11) is 0. The van der Waals surface area contributed by atoms with E-state index < -0.39 is 23.7 Å². The van der Waals surface area contributed by atoms with Gasteiger partial charge in [-0.15, -0.1) is 0 Å². The fraction of sp³-hybridized carbons (Fsp3) is 0.259. The Morgan fingerprint density at radius 3 is 2.66 bits per heavy atom. The van der Waals surface area contributed by atoms with Crippen LogP contribution in [-0.2, 0) is 28.5 Å². The van der Waals surface area contributed by atoms with Gasteiger partial charge in [-0.1, -0.05) is 0 Å². The van der Waals surface area contributed by atoms with E-state index in [4.69, 9.17) is 4.74 Å². The number of carbonyl (C=O) groups excluding carboxylic acids is 1. The van der Waals surface area contributed by atoms with Crippen LogP contribution < -0.4 is 5.32 Å². The minimum Gasteiger partial charge on any atom is -0.466 e. The standard InChI is InChI=1S/C27H23F4N5O2/c1-3-33-21-10-17(28)9-19-18(21)11-22-25(19)26(36-6-5-23(35-36)27(29,30)31)20(14-34-22)16-7-15(12-32-13-16)8-24(37)38-4-2/h5-7,9-10,12-14,33H,3-4,8,11H2,1-2H3. The van der Waals surface area contributed by atoms with Crippen molar-refractivity contribution >= 4 is 11.7 Å². The Kier molecular flexibility index (Phi) is 6.60. The lowest BCUT2D eigenvalue weighted by Crippen LogP contribution is -2.09. The van der Waals surface area contributed by atoms with Crippen LogP contribution in [0.2, 0.25) is 0 Å². The maximum absolute atomic E-state index is 14.7. The number of benzene rings is 1. The second-order valence-corrected chi connectivity index (χ2v) is 8.74. The molecule has 0 bridgehead atoms. The van der Waals surface area contributed by atoms with E-state index in [-0.39, 0.29) is 13.0 Å². The number of pyridine rings is 2. The highest BCUT2D eigenvalue weighted by Crippen LogP contribution is 2.46. The maximum Gasteiger partial charge on any atom is 0.435 e. The quantitative estimate of drug-likeness (QED) is 0.220. The molecule has 0 aliphatic heterocycles. The summed E-state index contributed by atoms with van der Waals surface area (Å²) in [6, 6.07) is 5.35. The van der Waals surface area contributed by atoms with E-state index in [0.717, 1.165) is 16.3 Å². The van der Waals surface area contributed by atoms with Gasteiger partial charge in [0.15, 0.2) is 5.69 Å². The number of ether oxygens (including phenoxy) is 1. The van der Waals surface area contributed by atoms with Crippen molar-refractivity contribution in [2.75, 3.05) is 18.5 Å². The summed E-state index contributed by atoms with van der Waals surface area (Å²) in [5.41, 5.74) is 3.76. The van der Waals surface area contributed by atoms with Gasteiger partial charge >= 0.3 is 12.1 Å². The van der Waals surface area contributed by atoms with Gasteiger partial charge < -0.3 is 10.1 Å². The summed E-state index contributed by atoms with van der Waals surface area (Å²) in [6.07, 6.45) is 1.51. The number of aromatic nitrogens is 4. The predicted octanol–water partition coefficient (Wildman–Crippen LogP) is 5.60. The van der Waals surface area contributed by atoms with Gasteiger partial charge in [0.25, 0.3) is 0 Å². The van der Waals surface area contributed by atoms with Crippen molar-refractivity contribution in [3.05, 3.63) is 77.4 Å². The number of carbonyl (C=O) groups is 1. The molecule has 3 heterocycles. The average Bonchev–Trinajstić information content (AvgIpc) is 3.50. The number of rotatable bonds is 7. The van der Waals surface area contributed by atoms with Crippen LogP contribution in [0.5, 0.6) is 0 Å². The molecular weight excluding hydrogens is 502 g/mol. The summed E-state index contributed by atoms with van der Waals surface area (Å²) in [6.45, 7) is 4.39. The Balaban J connectivity index is 1.73. The van der Waals surface area contributed by atoms with Crippen LogP contribution in [0.15, 0.2) is 49.1 Å². The highest BCUT2D eigenvalue weighted by atomic mass is 19.4. The molecule has 38 heavy (non-hydrogen) atoms. The molecule has 1 N–H and O–H groups in total. The van der Waals surface area contributed by atoms with Gasteiger partial charge in [0.2, 0.25) is 0 Å². The smallest absolute Gasteiger partial charge is 0.435 e. The monoisotopic (exact) mass is 525 g/mol. The van der Waals surface area contributed by atoms with E-state index in [1.807, 2.05) is 6.92 Å². The Morgan fingerprint density at radius 2 is 1.95 bits per heavy atom. The maximum atomic E-state index is 14.7. The molecule has 0 unspecified atom stereocenters. The predicted molar refractivity (Wildman–Crippen MR) is 132 cm³/mol. The summed E-state index contributed by atoms with van der Waals surface area (Å²) in [4.78, 5) is 20.9. The lowest BCUT2D eigenvalue weighted by molar-refractivity contribution is -0.142. The second kappa shape index (κ2) is 9.88. The van der Waals surface area contributed by atoms with Gasteiger partial charge in [0, 0.05) is 60.1 Å². The number of anilines is 1. The third-order valence-corrected chi connectivity index (χ3v) is 6.19. The number of nitrogens with one attached hydrogen (secondary N) is 1. The van der Waals surface area contributed by atoms with Gasteiger partial charge in [0.1, 0.15) is 5.82 Å². The van der Waals surface area contributed by atoms with Crippen LogP contribution in [0.3, 0.4) is 0 Å². The van der Waals surface area contributed by atoms with Crippen molar-refractivity contribution in [1.82, 2.24) is 19.7 Å². The molecule has 5 rings (SSSR count). The molecule has 0 fully saturated rings. The van der Waals surface area contributed by atoms with Gasteiger partial charge in [-0.2, -0.15) is 18.3 Å². The van der Waals surface area contributed by atoms with Gasteiger partial charge in [0.05, 0.1) is 24.4 Å². The van der Waals surface area contributed by atoms with Crippen LogP contribution in [0.4, 0.5) is 23.2 Å². The van der Waals surface area contributed by atoms with E-state index in [1.54, 1.807) is 19.2 Å². The zero-order chi connectivity index (χ0) is 27.0. The number of nitrogens with zero attached hydrogens (tertiary/aromatic N) is 4. The number of hydrogen-bond acceptors (Lipinski definition) is 6. The third-order valence-electron chi connectivity index (χ3n) is 6.19. The SMILES string of the molecule is CCNc1cc(F)cc2c1Cc1ncc(-c3cncc(CC(=O)OCC)c3)c(-n3ccc(C(F)(F)F)n3)c1-2. The topological polar surface area (TPSA) is 81.9 Å². The van der Waals surface area contributed by atoms with Crippen LogP contribution >= 0.6 is 0 Å². The highest BCUT2D eigenvalue weighted by molar-refractivity contribution is 5.92. The largest absolute Gasteiger partial charge is 0.466 e. The Labute approximate surface area is 215 Å². The first-order valence-corrected chi connectivity index (χ1v) is 12.0. The normalized spacial score (nSPS) is 12.3. The summed E-state index contributed by atoms with van der Waals surface area (Å²) >= 11 is 0. The van der Waals surface area contributed by atoms with Crippen molar-refractivity contribution in [3.8, 4) is 27.9 Å². The van der Waals surface area contributed by atoms with Crippen LogP contribution in [0.1, 0.15) is 36.4 Å². The summed E-state index contributed by atoms with van der Waals surface area (Å²) in [5.74, 6) is -0.917. The molecule has 0 saturated carbocycles. The van der Waals surface area contributed by atoms with E-state index in [9.17, 15) is 22.4 Å². The van der Waals surface area contributed by atoms with Gasteiger partial charge in [-0.3, -0.25) is 14.8 Å². The molecule has 11 heteroatoms. The minimum absolute atomic E-state index is 0.0253. The molecule has 1 aliphatic carbocycles. The minimum atomic E-state index is -4.65. The lowest BCUT2D eigenvalue weighted by atomic mass is 9.98. The average molecular weight is 526 g/mol. The van der Waals surface area contributed by atoms with Crippen LogP contribution in [0, 0.1) is 5.82 Å². The molecule has 0 amide bonds. The number of halogens is 4. The molecule has 0 saturated heterocycles. The van der Waals surface area contributed by atoms with Crippen LogP contribution in [-0.4, -0.2) is 38.9 Å². The Morgan fingerprint density at radius 1 is 1.13 bits per heavy atom. The molecule has 1 aromatic carbocycles. The number of fused-ring (bicyclic) bond motifs is 3. The molecule has 7 nitrogen and oxygen atoms in total. The zero-order valence-corrected chi connectivity index (χ0v) is 20.6. The third kappa shape index (κ3) is 4.71. The fourth-order valence-electron chi connectivity index (χ4n) is 4.68. The molecule has 0 spiro atoms. The Bertz CT molecular complexity index is 1530. The molecule has 0 radical (unpaired) electrons. The molecule has 4 aromatic rings. The van der Waals surface area contributed by atoms with Crippen molar-refractivity contribution in [1.29, 1.82) is 0 Å². The number of alkyl halides is 3. The van der Waals surface area contributed by atoms with E-state index in [0.29, 0.717) is 57.9 Å². The van der Waals surface area contributed by atoms with E-state index in [1.165, 1.54) is 30.7 Å². The van der Waals surface area contributed by atoms with Crippen molar-refractivity contribution < 1.29 is 27.1 Å². The van der Waals surface area contributed by atoms with Gasteiger partial charge in [-0.05, 0) is 54.8 Å². The van der Waals surface area contributed by atoms with Gasteiger partial charge in [-0.25, -0.2) is 9.07 Å².